The van der Waals surface area contributed by atoms with Crippen LogP contribution in [0.1, 0.15) is 18.1 Å². The van der Waals surface area contributed by atoms with Crippen molar-refractivity contribution in [2.24, 2.45) is 0 Å². The predicted molar refractivity (Wildman–Crippen MR) is 108 cm³/mol. The molecule has 6 nitrogen and oxygen atoms in total. The molecule has 1 atom stereocenters. The Kier molecular flexibility index (Phi) is 5.26. The fourth-order valence-corrected chi connectivity index (χ4v) is 4.42. The third kappa shape index (κ3) is 3.70. The van der Waals surface area contributed by atoms with Gasteiger partial charge in [-0.05, 0) is 49.6 Å². The van der Waals surface area contributed by atoms with Gasteiger partial charge in [-0.25, -0.2) is 12.7 Å². The molecule has 2 aromatic carbocycles. The average molecular weight is 388 g/mol. The van der Waals surface area contributed by atoms with Crippen LogP contribution in [0.5, 0.6) is 0 Å². The molecule has 0 radical (unpaired) electrons. The van der Waals surface area contributed by atoms with Crippen LogP contribution in [0.2, 0.25) is 0 Å². The molecule has 0 bridgehead atoms. The number of rotatable bonds is 5. The molecule has 1 amide bonds. The lowest BCUT2D eigenvalue weighted by atomic mass is 10.1. The van der Waals surface area contributed by atoms with Crippen LogP contribution in [0.25, 0.3) is 0 Å². The molecule has 3 rings (SSSR count). The fraction of sp³-hybridized carbons (Fsp3) is 0.350. The van der Waals surface area contributed by atoms with Gasteiger partial charge in [-0.3, -0.25) is 4.79 Å². The van der Waals surface area contributed by atoms with Gasteiger partial charge in [-0.1, -0.05) is 24.3 Å². The highest BCUT2D eigenvalue weighted by molar-refractivity contribution is 7.89. The molecule has 7 heteroatoms. The van der Waals surface area contributed by atoms with E-state index in [4.69, 9.17) is 0 Å². The van der Waals surface area contributed by atoms with E-state index >= 15 is 0 Å². The van der Waals surface area contributed by atoms with Crippen LogP contribution in [0.15, 0.2) is 47.4 Å². The molecule has 0 unspecified atom stereocenters. The lowest BCUT2D eigenvalue weighted by Crippen LogP contribution is -2.40. The molecule has 1 aliphatic rings. The number of hydrogen-bond acceptors (Lipinski definition) is 4. The van der Waals surface area contributed by atoms with E-state index in [1.54, 1.807) is 36.9 Å². The number of benzene rings is 2. The van der Waals surface area contributed by atoms with E-state index in [0.29, 0.717) is 17.8 Å². The summed E-state index contributed by atoms with van der Waals surface area (Å²) in [5.74, 6) is -0.0301. The van der Waals surface area contributed by atoms with Crippen LogP contribution in [-0.2, 0) is 21.2 Å². The van der Waals surface area contributed by atoms with Crippen LogP contribution < -0.4 is 10.2 Å². The van der Waals surface area contributed by atoms with Crippen LogP contribution in [-0.4, -0.2) is 45.3 Å². The summed E-state index contributed by atoms with van der Waals surface area (Å²) in [4.78, 5) is 14.9. The molecule has 2 aromatic rings. The number of amides is 1. The first-order valence-corrected chi connectivity index (χ1v) is 10.3. The van der Waals surface area contributed by atoms with Gasteiger partial charge in [0.05, 0.1) is 4.90 Å². The average Bonchev–Trinajstić information content (AvgIpc) is 3.06. The monoisotopic (exact) mass is 387 g/mol. The van der Waals surface area contributed by atoms with E-state index in [1.807, 2.05) is 24.3 Å². The molecule has 0 saturated heterocycles. The van der Waals surface area contributed by atoms with Gasteiger partial charge < -0.3 is 10.2 Å². The number of nitrogens with zero attached hydrogens (tertiary/aromatic N) is 2. The van der Waals surface area contributed by atoms with Gasteiger partial charge >= 0.3 is 0 Å². The normalized spacial score (nSPS) is 14.9. The second kappa shape index (κ2) is 7.32. The third-order valence-corrected chi connectivity index (χ3v) is 6.81. The van der Waals surface area contributed by atoms with Gasteiger partial charge in [0, 0.05) is 32.0 Å². The second-order valence-electron chi connectivity index (χ2n) is 7.00. The zero-order chi connectivity index (χ0) is 19.8. The summed E-state index contributed by atoms with van der Waals surface area (Å²) in [6, 6.07) is 12.6. The van der Waals surface area contributed by atoms with Crippen molar-refractivity contribution in [2.75, 3.05) is 30.9 Å². The second-order valence-corrected chi connectivity index (χ2v) is 9.12. The van der Waals surface area contributed by atoms with Gasteiger partial charge in [-0.2, -0.15) is 0 Å². The first kappa shape index (κ1) is 19.4. The first-order valence-electron chi connectivity index (χ1n) is 8.91. The maximum Gasteiger partial charge on any atom is 0.249 e. The minimum atomic E-state index is -3.54. The quantitative estimate of drug-likeness (QED) is 0.856. The van der Waals surface area contributed by atoms with Gasteiger partial charge in [-0.15, -0.1) is 0 Å². The van der Waals surface area contributed by atoms with Crippen LogP contribution in [0, 0.1) is 6.92 Å². The minimum Gasteiger partial charge on any atom is -0.374 e. The highest BCUT2D eigenvalue weighted by Crippen LogP contribution is 2.29. The van der Waals surface area contributed by atoms with Crippen molar-refractivity contribution in [1.29, 1.82) is 0 Å². The smallest absolute Gasteiger partial charge is 0.249 e. The van der Waals surface area contributed by atoms with E-state index < -0.39 is 16.1 Å². The van der Waals surface area contributed by atoms with Crippen LogP contribution in [0.4, 0.5) is 11.4 Å². The van der Waals surface area contributed by atoms with Gasteiger partial charge in [0.15, 0.2) is 0 Å². The summed E-state index contributed by atoms with van der Waals surface area (Å²) in [6.45, 7) is 4.22. The molecule has 144 valence electrons. The van der Waals surface area contributed by atoms with Crippen LogP contribution in [0.3, 0.4) is 0 Å². The Morgan fingerprint density at radius 1 is 1.19 bits per heavy atom. The zero-order valence-corrected chi connectivity index (χ0v) is 16.9. The zero-order valence-electron chi connectivity index (χ0n) is 16.1. The molecule has 1 N–H and O–H groups in total. The summed E-state index contributed by atoms with van der Waals surface area (Å²) in [5, 5.41) is 3.15. The summed E-state index contributed by atoms with van der Waals surface area (Å²) < 4.78 is 26.2. The molecule has 1 aliphatic heterocycles. The highest BCUT2D eigenvalue weighted by atomic mass is 32.2. The molecule has 0 aliphatic carbocycles. The summed E-state index contributed by atoms with van der Waals surface area (Å²) >= 11 is 0. The third-order valence-electron chi connectivity index (χ3n) is 4.85. The van der Waals surface area contributed by atoms with E-state index in [1.165, 1.54) is 24.0 Å². The van der Waals surface area contributed by atoms with Crippen molar-refractivity contribution in [3.8, 4) is 0 Å². The van der Waals surface area contributed by atoms with Gasteiger partial charge in [0.1, 0.15) is 6.04 Å². The molecular weight excluding hydrogens is 362 g/mol. The number of anilines is 2. The van der Waals surface area contributed by atoms with Crippen molar-refractivity contribution in [2.45, 2.75) is 31.2 Å². The highest BCUT2D eigenvalue weighted by Gasteiger charge is 2.28. The Morgan fingerprint density at radius 3 is 2.59 bits per heavy atom. The van der Waals surface area contributed by atoms with Crippen molar-refractivity contribution in [1.82, 2.24) is 4.31 Å². The Balaban J connectivity index is 1.81. The summed E-state index contributed by atoms with van der Waals surface area (Å²) in [7, 11) is -0.532. The lowest BCUT2D eigenvalue weighted by molar-refractivity contribution is -0.118. The van der Waals surface area contributed by atoms with Gasteiger partial charge in [0.25, 0.3) is 0 Å². The molecule has 0 saturated carbocycles. The van der Waals surface area contributed by atoms with Crippen molar-refractivity contribution in [3.05, 3.63) is 53.6 Å². The Labute approximate surface area is 160 Å². The number of carbonyl (C=O) groups excluding carboxylic acids is 1. The molecule has 0 spiro atoms. The molecule has 1 heterocycles. The van der Waals surface area contributed by atoms with Crippen molar-refractivity contribution in [3.63, 3.8) is 0 Å². The van der Waals surface area contributed by atoms with Crippen LogP contribution >= 0.6 is 0 Å². The number of carbonyl (C=O) groups is 1. The standard InChI is InChI=1S/C20H25N3O3S/c1-14-9-10-17(13-19(14)27(25,26)22(3)4)21-15(2)20(24)23-12-11-16-7-5-6-8-18(16)23/h5-10,13,15,21H,11-12H2,1-4H3/t15-/m1/s1. The van der Waals surface area contributed by atoms with Gasteiger partial charge in [0.2, 0.25) is 15.9 Å². The molecule has 27 heavy (non-hydrogen) atoms. The predicted octanol–water partition coefficient (Wildman–Crippen LogP) is 2.64. The van der Waals surface area contributed by atoms with E-state index in [2.05, 4.69) is 5.32 Å². The summed E-state index contributed by atoms with van der Waals surface area (Å²) in [5.41, 5.74) is 3.40. The van der Waals surface area contributed by atoms with E-state index in [-0.39, 0.29) is 10.8 Å². The summed E-state index contributed by atoms with van der Waals surface area (Å²) in [6.07, 6.45) is 0.852. The SMILES string of the molecule is Cc1ccc(N[C@H](C)C(=O)N2CCc3ccccc32)cc1S(=O)(=O)N(C)C. The Morgan fingerprint density at radius 2 is 1.89 bits per heavy atom. The lowest BCUT2D eigenvalue weighted by Gasteiger charge is -2.23. The Hall–Kier alpha value is -2.38. The number of para-hydroxylation sites is 1. The largest absolute Gasteiger partial charge is 0.374 e. The number of nitrogens with one attached hydrogen (secondary N) is 1. The van der Waals surface area contributed by atoms with Crippen molar-refractivity contribution < 1.29 is 13.2 Å². The van der Waals surface area contributed by atoms with E-state index in [0.717, 1.165) is 12.1 Å². The van der Waals surface area contributed by atoms with Crippen molar-refractivity contribution >= 4 is 27.3 Å². The Bertz CT molecular complexity index is 970. The minimum absolute atomic E-state index is 0.0301. The number of aryl methyl sites for hydroxylation is 1. The maximum absolute atomic E-state index is 12.9. The number of sulfonamides is 1. The molecule has 0 fully saturated rings. The number of hydrogen-bond donors (Lipinski definition) is 1. The first-order chi connectivity index (χ1) is 12.7. The molecular formula is C20H25N3O3S. The molecule has 0 aromatic heterocycles. The fourth-order valence-electron chi connectivity index (χ4n) is 3.28. The maximum atomic E-state index is 12.9. The van der Waals surface area contributed by atoms with E-state index in [9.17, 15) is 13.2 Å². The topological polar surface area (TPSA) is 69.7 Å². The number of fused-ring (bicyclic) bond motifs is 1.